The van der Waals surface area contributed by atoms with E-state index in [1.165, 1.54) is 0 Å². The van der Waals surface area contributed by atoms with Gasteiger partial charge in [-0.3, -0.25) is 0 Å². The van der Waals surface area contributed by atoms with E-state index < -0.39 is 11.7 Å². The van der Waals surface area contributed by atoms with Crippen molar-refractivity contribution in [3.05, 3.63) is 23.9 Å². The molecule has 0 atom stereocenters. The third-order valence-corrected chi connectivity index (χ3v) is 2.54. The molecule has 1 heterocycles. The zero-order valence-corrected chi connectivity index (χ0v) is 10.4. The molecule has 0 unspecified atom stereocenters. The van der Waals surface area contributed by atoms with E-state index in [1.807, 2.05) is 0 Å². The van der Waals surface area contributed by atoms with Gasteiger partial charge in [0.15, 0.2) is 0 Å². The van der Waals surface area contributed by atoms with Crippen molar-refractivity contribution in [2.75, 3.05) is 18.0 Å². The van der Waals surface area contributed by atoms with Crippen LogP contribution in [0, 0.1) is 0 Å². The summed E-state index contributed by atoms with van der Waals surface area (Å²) < 4.78 is 37.8. The molecule has 106 valence electrons. The molecule has 3 N–H and O–H groups in total. The Morgan fingerprint density at radius 2 is 2.21 bits per heavy atom. The smallest absolute Gasteiger partial charge is 0.409 e. The Labute approximate surface area is 108 Å². The first-order valence-electron chi connectivity index (χ1n) is 5.63. The van der Waals surface area contributed by atoms with Gasteiger partial charge in [0, 0.05) is 25.7 Å². The second-order valence-electron chi connectivity index (χ2n) is 3.82. The van der Waals surface area contributed by atoms with Crippen LogP contribution in [0.1, 0.15) is 18.9 Å². The van der Waals surface area contributed by atoms with Crippen LogP contribution in [0.25, 0.3) is 0 Å². The molecule has 0 aromatic carbocycles. The van der Waals surface area contributed by atoms with Crippen LogP contribution in [-0.2, 0) is 6.18 Å². The van der Waals surface area contributed by atoms with Gasteiger partial charge in [0.2, 0.25) is 0 Å². The minimum absolute atomic E-state index is 0.0189. The molecule has 0 aliphatic carbocycles. The average Bonchev–Trinajstić information content (AvgIpc) is 2.38. The third kappa shape index (κ3) is 4.31. The standard InChI is InChI=1S/C11H15F3N4O/c1-2-18(6-4-9(15)17-19)10-7-8(3-5-16-10)11(12,13)14/h3,5,7,19H,2,4,6H2,1H3,(H2,15,17). The molecule has 1 aromatic rings. The van der Waals surface area contributed by atoms with Crippen molar-refractivity contribution in [1.82, 2.24) is 4.98 Å². The molecule has 1 aromatic heterocycles. The summed E-state index contributed by atoms with van der Waals surface area (Å²) in [6.07, 6.45) is -3.05. The number of nitrogens with zero attached hydrogens (tertiary/aromatic N) is 3. The summed E-state index contributed by atoms with van der Waals surface area (Å²) in [5.41, 5.74) is 4.58. The number of hydrogen-bond donors (Lipinski definition) is 2. The van der Waals surface area contributed by atoms with E-state index in [-0.39, 0.29) is 18.1 Å². The van der Waals surface area contributed by atoms with Crippen molar-refractivity contribution in [3.63, 3.8) is 0 Å². The topological polar surface area (TPSA) is 74.7 Å². The molecule has 0 spiro atoms. The molecule has 5 nitrogen and oxygen atoms in total. The van der Waals surface area contributed by atoms with Crippen molar-refractivity contribution in [1.29, 1.82) is 0 Å². The van der Waals surface area contributed by atoms with Crippen LogP contribution in [-0.4, -0.2) is 29.1 Å². The minimum Gasteiger partial charge on any atom is -0.409 e. The summed E-state index contributed by atoms with van der Waals surface area (Å²) in [6.45, 7) is 2.57. The van der Waals surface area contributed by atoms with Gasteiger partial charge in [-0.05, 0) is 19.1 Å². The van der Waals surface area contributed by atoms with Gasteiger partial charge in [0.05, 0.1) is 5.56 Å². The Bertz CT molecular complexity index is 448. The first-order chi connectivity index (χ1) is 8.88. The Hall–Kier alpha value is -1.99. The predicted octanol–water partition coefficient (Wildman–Crippen LogP) is 2.06. The van der Waals surface area contributed by atoms with Crippen LogP contribution in [0.4, 0.5) is 19.0 Å². The number of pyridine rings is 1. The normalized spacial score (nSPS) is 12.5. The van der Waals surface area contributed by atoms with Gasteiger partial charge < -0.3 is 15.8 Å². The second-order valence-corrected chi connectivity index (χ2v) is 3.82. The molecule has 1 rings (SSSR count). The Kier molecular flexibility index (Phi) is 4.96. The fourth-order valence-corrected chi connectivity index (χ4v) is 1.50. The highest BCUT2D eigenvalue weighted by atomic mass is 19.4. The highest BCUT2D eigenvalue weighted by Gasteiger charge is 2.31. The fourth-order valence-electron chi connectivity index (χ4n) is 1.50. The van der Waals surface area contributed by atoms with Gasteiger partial charge in [-0.2, -0.15) is 13.2 Å². The van der Waals surface area contributed by atoms with Crippen LogP contribution < -0.4 is 10.6 Å². The average molecular weight is 276 g/mol. The minimum atomic E-state index is -4.40. The number of hydrogen-bond acceptors (Lipinski definition) is 4. The maximum atomic E-state index is 12.6. The van der Waals surface area contributed by atoms with Crippen LogP contribution in [0.5, 0.6) is 0 Å². The zero-order chi connectivity index (χ0) is 14.5. The first-order valence-corrected chi connectivity index (χ1v) is 5.63. The highest BCUT2D eigenvalue weighted by Crippen LogP contribution is 2.30. The van der Waals surface area contributed by atoms with Crippen LogP contribution in [0.15, 0.2) is 23.5 Å². The maximum Gasteiger partial charge on any atom is 0.416 e. The number of anilines is 1. The third-order valence-electron chi connectivity index (χ3n) is 2.54. The SMILES string of the molecule is CCN(CCC(N)=NO)c1cc(C(F)(F)F)ccn1. The largest absolute Gasteiger partial charge is 0.416 e. The van der Waals surface area contributed by atoms with E-state index in [0.717, 1.165) is 18.3 Å². The first kappa shape index (κ1) is 15.1. The van der Waals surface area contributed by atoms with E-state index in [1.54, 1.807) is 11.8 Å². The van der Waals surface area contributed by atoms with Gasteiger partial charge in [0.25, 0.3) is 0 Å². The molecular formula is C11H15F3N4O. The number of aromatic nitrogens is 1. The molecule has 0 saturated heterocycles. The van der Waals surface area contributed by atoms with Crippen molar-refractivity contribution in [2.24, 2.45) is 10.9 Å². The molecule has 0 amide bonds. The number of oxime groups is 1. The molecular weight excluding hydrogens is 261 g/mol. The molecule has 0 fully saturated rings. The quantitative estimate of drug-likeness (QED) is 0.373. The number of nitrogens with two attached hydrogens (primary N) is 1. The Balaban J connectivity index is 2.87. The van der Waals surface area contributed by atoms with Gasteiger partial charge >= 0.3 is 6.18 Å². The monoisotopic (exact) mass is 276 g/mol. The Morgan fingerprint density at radius 1 is 1.53 bits per heavy atom. The molecule has 0 aliphatic rings. The zero-order valence-electron chi connectivity index (χ0n) is 10.4. The van der Waals surface area contributed by atoms with Crippen LogP contribution in [0.2, 0.25) is 0 Å². The van der Waals surface area contributed by atoms with Gasteiger partial charge in [0.1, 0.15) is 11.7 Å². The highest BCUT2D eigenvalue weighted by molar-refractivity contribution is 5.80. The fraction of sp³-hybridized carbons (Fsp3) is 0.455. The summed E-state index contributed by atoms with van der Waals surface area (Å²) >= 11 is 0. The van der Waals surface area contributed by atoms with Gasteiger partial charge in [-0.1, -0.05) is 5.16 Å². The van der Waals surface area contributed by atoms with E-state index in [2.05, 4.69) is 10.1 Å². The molecule has 0 saturated carbocycles. The van der Waals surface area contributed by atoms with Crippen molar-refractivity contribution in [2.45, 2.75) is 19.5 Å². The van der Waals surface area contributed by atoms with Gasteiger partial charge in [-0.15, -0.1) is 0 Å². The number of rotatable bonds is 5. The lowest BCUT2D eigenvalue weighted by Crippen LogP contribution is -2.29. The lowest BCUT2D eigenvalue weighted by atomic mass is 10.2. The van der Waals surface area contributed by atoms with E-state index in [9.17, 15) is 13.2 Å². The number of amidine groups is 1. The number of alkyl halides is 3. The molecule has 0 aliphatic heterocycles. The van der Waals surface area contributed by atoms with Crippen molar-refractivity contribution in [3.8, 4) is 0 Å². The summed E-state index contributed by atoms with van der Waals surface area (Å²) in [7, 11) is 0. The second kappa shape index (κ2) is 6.26. The van der Waals surface area contributed by atoms with Crippen molar-refractivity contribution >= 4 is 11.7 Å². The summed E-state index contributed by atoms with van der Waals surface area (Å²) in [5, 5.41) is 11.2. The van der Waals surface area contributed by atoms with Crippen molar-refractivity contribution < 1.29 is 18.4 Å². The van der Waals surface area contributed by atoms with Gasteiger partial charge in [-0.25, -0.2) is 4.98 Å². The summed E-state index contributed by atoms with van der Waals surface area (Å²) in [4.78, 5) is 5.53. The van der Waals surface area contributed by atoms with Crippen LogP contribution >= 0.6 is 0 Å². The lowest BCUT2D eigenvalue weighted by Gasteiger charge is -2.22. The van der Waals surface area contributed by atoms with Crippen LogP contribution in [0.3, 0.4) is 0 Å². The molecule has 19 heavy (non-hydrogen) atoms. The van der Waals surface area contributed by atoms with E-state index in [4.69, 9.17) is 10.9 Å². The predicted molar refractivity (Wildman–Crippen MR) is 65.2 cm³/mol. The van der Waals surface area contributed by atoms with E-state index >= 15 is 0 Å². The lowest BCUT2D eigenvalue weighted by molar-refractivity contribution is -0.137. The summed E-state index contributed by atoms with van der Waals surface area (Å²) in [6, 6.07) is 1.90. The number of halogens is 3. The molecule has 0 radical (unpaired) electrons. The summed E-state index contributed by atoms with van der Waals surface area (Å²) in [5.74, 6) is 0.230. The maximum absolute atomic E-state index is 12.6. The Morgan fingerprint density at radius 3 is 2.74 bits per heavy atom. The molecule has 0 bridgehead atoms. The molecule has 8 heteroatoms. The van der Waals surface area contributed by atoms with E-state index in [0.29, 0.717) is 13.1 Å².